The summed E-state index contributed by atoms with van der Waals surface area (Å²) in [6.07, 6.45) is -4.03. The molecule has 0 amide bonds. The van der Waals surface area contributed by atoms with Crippen molar-refractivity contribution in [1.82, 2.24) is 9.55 Å². The maximum absolute atomic E-state index is 12.0. The van der Waals surface area contributed by atoms with Gasteiger partial charge in [-0.1, -0.05) is 0 Å². The minimum Gasteiger partial charge on any atom is -0.296 e. The Hall–Kier alpha value is -0.850. The predicted molar refractivity (Wildman–Crippen MR) is 51.6 cm³/mol. The minimum atomic E-state index is -4.27. The molecule has 0 aromatic carbocycles. The van der Waals surface area contributed by atoms with Crippen molar-refractivity contribution in [3.05, 3.63) is 26.8 Å². The lowest BCUT2D eigenvalue weighted by Gasteiger charge is -2.10. The van der Waals surface area contributed by atoms with Gasteiger partial charge in [-0.25, -0.2) is 4.98 Å². The molecule has 0 N–H and O–H groups in total. The standard InChI is InChI=1S/C8H8BrF3N2O/c1-5-13-4-6(9)7(15)14(5)3-2-8(10,11)12/h4H,2-3H2,1H3. The topological polar surface area (TPSA) is 34.9 Å². The molecule has 7 heteroatoms. The van der Waals surface area contributed by atoms with Crippen LogP contribution < -0.4 is 5.56 Å². The van der Waals surface area contributed by atoms with E-state index in [1.54, 1.807) is 0 Å². The summed E-state index contributed by atoms with van der Waals surface area (Å²) in [6.45, 7) is 1.09. The van der Waals surface area contributed by atoms with Crippen LogP contribution in [0.4, 0.5) is 13.2 Å². The summed E-state index contributed by atoms with van der Waals surface area (Å²) < 4.78 is 37.0. The van der Waals surface area contributed by atoms with Gasteiger partial charge in [-0.05, 0) is 22.9 Å². The molecule has 0 atom stereocenters. The molecule has 0 bridgehead atoms. The third-order valence-electron chi connectivity index (χ3n) is 1.82. The van der Waals surface area contributed by atoms with Gasteiger partial charge in [-0.2, -0.15) is 13.2 Å². The number of aryl methyl sites for hydroxylation is 1. The van der Waals surface area contributed by atoms with E-state index in [0.717, 1.165) is 4.57 Å². The molecule has 1 rings (SSSR count). The lowest BCUT2D eigenvalue weighted by atomic mass is 10.4. The molecule has 0 radical (unpaired) electrons. The second kappa shape index (κ2) is 4.34. The molecule has 1 aromatic rings. The molecule has 1 heterocycles. The molecule has 0 aliphatic carbocycles. The minimum absolute atomic E-state index is 0.162. The first kappa shape index (κ1) is 12.2. The van der Waals surface area contributed by atoms with Gasteiger partial charge in [0.15, 0.2) is 0 Å². The monoisotopic (exact) mass is 284 g/mol. The van der Waals surface area contributed by atoms with Crippen molar-refractivity contribution in [2.24, 2.45) is 0 Å². The number of hydrogen-bond acceptors (Lipinski definition) is 2. The number of alkyl halides is 3. The molecule has 0 unspecified atom stereocenters. The highest BCUT2D eigenvalue weighted by Gasteiger charge is 2.27. The Labute approximate surface area is 92.1 Å². The highest BCUT2D eigenvalue weighted by molar-refractivity contribution is 9.10. The first-order valence-electron chi connectivity index (χ1n) is 4.10. The average Bonchev–Trinajstić information content (AvgIpc) is 2.10. The summed E-state index contributed by atoms with van der Waals surface area (Å²) in [5.74, 6) is 0.271. The van der Waals surface area contributed by atoms with Crippen LogP contribution >= 0.6 is 15.9 Å². The van der Waals surface area contributed by atoms with Gasteiger partial charge in [0.1, 0.15) is 10.3 Å². The summed E-state index contributed by atoms with van der Waals surface area (Å²) in [4.78, 5) is 15.2. The second-order valence-electron chi connectivity index (χ2n) is 2.98. The highest BCUT2D eigenvalue weighted by Crippen LogP contribution is 2.20. The summed E-state index contributed by atoms with van der Waals surface area (Å²) >= 11 is 2.92. The Morgan fingerprint density at radius 3 is 2.67 bits per heavy atom. The Morgan fingerprint density at radius 1 is 1.53 bits per heavy atom. The van der Waals surface area contributed by atoms with Crippen LogP contribution in [0.25, 0.3) is 0 Å². The Kier molecular flexibility index (Phi) is 3.54. The number of aromatic nitrogens is 2. The van der Waals surface area contributed by atoms with E-state index < -0.39 is 24.7 Å². The summed E-state index contributed by atoms with van der Waals surface area (Å²) in [7, 11) is 0. The molecular weight excluding hydrogens is 277 g/mol. The van der Waals surface area contributed by atoms with E-state index in [-0.39, 0.29) is 10.3 Å². The van der Waals surface area contributed by atoms with E-state index in [9.17, 15) is 18.0 Å². The zero-order valence-electron chi connectivity index (χ0n) is 7.81. The van der Waals surface area contributed by atoms with Crippen LogP contribution in [0.5, 0.6) is 0 Å². The van der Waals surface area contributed by atoms with Crippen molar-refractivity contribution < 1.29 is 13.2 Å². The third kappa shape index (κ3) is 3.33. The molecule has 15 heavy (non-hydrogen) atoms. The van der Waals surface area contributed by atoms with E-state index in [0.29, 0.717) is 0 Å². The van der Waals surface area contributed by atoms with E-state index in [2.05, 4.69) is 20.9 Å². The highest BCUT2D eigenvalue weighted by atomic mass is 79.9. The fourth-order valence-corrected chi connectivity index (χ4v) is 1.37. The van der Waals surface area contributed by atoms with Gasteiger partial charge in [-0.3, -0.25) is 9.36 Å². The number of rotatable bonds is 2. The third-order valence-corrected chi connectivity index (χ3v) is 2.37. The zero-order valence-corrected chi connectivity index (χ0v) is 9.39. The van der Waals surface area contributed by atoms with Gasteiger partial charge in [0.25, 0.3) is 5.56 Å². The molecule has 0 aliphatic heterocycles. The fourth-order valence-electron chi connectivity index (χ4n) is 1.05. The molecule has 0 saturated heterocycles. The maximum atomic E-state index is 12.0. The first-order valence-corrected chi connectivity index (χ1v) is 4.89. The lowest BCUT2D eigenvalue weighted by Crippen LogP contribution is -2.26. The van der Waals surface area contributed by atoms with Crippen molar-refractivity contribution in [2.45, 2.75) is 26.1 Å². The summed E-state index contributed by atoms with van der Waals surface area (Å²) in [5, 5.41) is 0. The SMILES string of the molecule is Cc1ncc(Br)c(=O)n1CCC(F)(F)F. The smallest absolute Gasteiger partial charge is 0.296 e. The van der Waals surface area contributed by atoms with Gasteiger partial charge in [0.2, 0.25) is 0 Å². The lowest BCUT2D eigenvalue weighted by molar-refractivity contribution is -0.136. The van der Waals surface area contributed by atoms with Crippen LogP contribution in [0, 0.1) is 6.92 Å². The summed E-state index contributed by atoms with van der Waals surface area (Å²) in [6, 6.07) is 0. The largest absolute Gasteiger partial charge is 0.390 e. The summed E-state index contributed by atoms with van der Waals surface area (Å²) in [5.41, 5.74) is -0.494. The fraction of sp³-hybridized carbons (Fsp3) is 0.500. The van der Waals surface area contributed by atoms with Gasteiger partial charge in [-0.15, -0.1) is 0 Å². The molecular formula is C8H8BrF3N2O. The molecule has 0 spiro atoms. The van der Waals surface area contributed by atoms with Crippen LogP contribution in [0.15, 0.2) is 15.5 Å². The Balaban J connectivity index is 2.95. The zero-order chi connectivity index (χ0) is 11.6. The van der Waals surface area contributed by atoms with Gasteiger partial charge >= 0.3 is 6.18 Å². The molecule has 0 saturated carbocycles. The van der Waals surface area contributed by atoms with E-state index in [1.807, 2.05) is 0 Å². The molecule has 0 fully saturated rings. The molecule has 0 aliphatic rings. The van der Waals surface area contributed by atoms with Crippen molar-refractivity contribution >= 4 is 15.9 Å². The van der Waals surface area contributed by atoms with Crippen molar-refractivity contribution in [1.29, 1.82) is 0 Å². The Morgan fingerprint density at radius 2 is 2.13 bits per heavy atom. The Bertz CT molecular complexity index is 413. The molecule has 3 nitrogen and oxygen atoms in total. The number of halogens is 4. The second-order valence-corrected chi connectivity index (χ2v) is 3.83. The van der Waals surface area contributed by atoms with Gasteiger partial charge in [0, 0.05) is 12.7 Å². The van der Waals surface area contributed by atoms with Crippen LogP contribution in [0.3, 0.4) is 0 Å². The number of hydrogen-bond donors (Lipinski definition) is 0. The average molecular weight is 285 g/mol. The number of nitrogens with zero attached hydrogens (tertiary/aromatic N) is 2. The predicted octanol–water partition coefficient (Wildman–Crippen LogP) is 2.27. The van der Waals surface area contributed by atoms with Crippen LogP contribution in [0.2, 0.25) is 0 Å². The van der Waals surface area contributed by atoms with Crippen molar-refractivity contribution in [3.63, 3.8) is 0 Å². The van der Waals surface area contributed by atoms with Crippen molar-refractivity contribution in [3.8, 4) is 0 Å². The van der Waals surface area contributed by atoms with Crippen LogP contribution in [-0.2, 0) is 6.54 Å². The van der Waals surface area contributed by atoms with E-state index >= 15 is 0 Å². The van der Waals surface area contributed by atoms with Crippen molar-refractivity contribution in [2.75, 3.05) is 0 Å². The van der Waals surface area contributed by atoms with Crippen LogP contribution in [-0.4, -0.2) is 15.7 Å². The van der Waals surface area contributed by atoms with Gasteiger partial charge < -0.3 is 0 Å². The quantitative estimate of drug-likeness (QED) is 0.835. The van der Waals surface area contributed by atoms with Gasteiger partial charge in [0.05, 0.1) is 6.42 Å². The van der Waals surface area contributed by atoms with E-state index in [4.69, 9.17) is 0 Å². The first-order chi connectivity index (χ1) is 6.81. The maximum Gasteiger partial charge on any atom is 0.390 e. The van der Waals surface area contributed by atoms with E-state index in [1.165, 1.54) is 13.1 Å². The molecule has 1 aromatic heterocycles. The normalized spacial score (nSPS) is 11.8. The molecule has 84 valence electrons. The van der Waals surface area contributed by atoms with Crippen LogP contribution in [0.1, 0.15) is 12.2 Å².